The van der Waals surface area contributed by atoms with Gasteiger partial charge in [-0.25, -0.2) is 4.79 Å². The Labute approximate surface area is 79.4 Å². The third kappa shape index (κ3) is 2.06. The van der Waals surface area contributed by atoms with Crippen molar-refractivity contribution in [3.8, 4) is 0 Å². The lowest BCUT2D eigenvalue weighted by Crippen LogP contribution is -2.34. The van der Waals surface area contributed by atoms with Crippen LogP contribution in [0.4, 0.5) is 0 Å². The minimum absolute atomic E-state index is 0.0671. The Bertz CT molecular complexity index is 277. The van der Waals surface area contributed by atoms with Gasteiger partial charge in [-0.3, -0.25) is 9.59 Å². The number of aliphatic hydroxyl groups is 1. The number of carbonyl (C=O) groups excluding carboxylic acids is 3. The highest BCUT2D eigenvalue weighted by molar-refractivity contribution is 6.04. The summed E-state index contributed by atoms with van der Waals surface area (Å²) in [6, 6.07) is 0. The van der Waals surface area contributed by atoms with Gasteiger partial charge in [0, 0.05) is 6.54 Å². The maximum atomic E-state index is 11.0. The second-order valence-corrected chi connectivity index (χ2v) is 2.75. The summed E-state index contributed by atoms with van der Waals surface area (Å²) >= 11 is 0. The third-order valence-corrected chi connectivity index (χ3v) is 1.62. The molecule has 1 unspecified atom stereocenters. The van der Waals surface area contributed by atoms with Crippen molar-refractivity contribution in [2.75, 3.05) is 6.54 Å². The molecule has 0 bridgehead atoms. The summed E-state index contributed by atoms with van der Waals surface area (Å²) in [4.78, 5) is 37.2. The van der Waals surface area contributed by atoms with Gasteiger partial charge in [-0.2, -0.15) is 0 Å². The van der Waals surface area contributed by atoms with E-state index in [4.69, 9.17) is 10.8 Å². The highest BCUT2D eigenvalue weighted by Crippen LogP contribution is 2.13. The number of aliphatic hydroxyl groups excluding tert-OH is 1. The first kappa shape index (κ1) is 10.6. The number of hydroxylamine groups is 2. The van der Waals surface area contributed by atoms with E-state index in [9.17, 15) is 14.4 Å². The van der Waals surface area contributed by atoms with Crippen molar-refractivity contribution < 1.29 is 24.3 Å². The first-order chi connectivity index (χ1) is 6.56. The lowest BCUT2D eigenvalue weighted by Gasteiger charge is -2.11. The Kier molecular flexibility index (Phi) is 3.15. The van der Waals surface area contributed by atoms with Gasteiger partial charge < -0.3 is 15.7 Å². The van der Waals surface area contributed by atoms with Gasteiger partial charge in [0.2, 0.25) is 0 Å². The lowest BCUT2D eigenvalue weighted by atomic mass is 10.3. The Morgan fingerprint density at radius 2 is 2.29 bits per heavy atom. The maximum absolute atomic E-state index is 11.0. The molecule has 1 atom stereocenters. The van der Waals surface area contributed by atoms with Crippen molar-refractivity contribution in [3.63, 3.8) is 0 Å². The number of nitrogens with zero attached hydrogens (tertiary/aromatic N) is 1. The summed E-state index contributed by atoms with van der Waals surface area (Å²) in [5.74, 6) is -2.42. The van der Waals surface area contributed by atoms with E-state index < -0.39 is 23.9 Å². The average molecular weight is 202 g/mol. The fourth-order valence-electron chi connectivity index (χ4n) is 0.955. The molecule has 0 aromatic heterocycles. The molecule has 14 heavy (non-hydrogen) atoms. The first-order valence-electron chi connectivity index (χ1n) is 4.02. The van der Waals surface area contributed by atoms with E-state index >= 15 is 0 Å². The van der Waals surface area contributed by atoms with Crippen LogP contribution in [0.3, 0.4) is 0 Å². The van der Waals surface area contributed by atoms with Crippen LogP contribution >= 0.6 is 0 Å². The molecule has 0 aromatic carbocycles. The molecule has 7 heteroatoms. The molecule has 0 aliphatic carbocycles. The first-order valence-corrected chi connectivity index (χ1v) is 4.02. The molecule has 1 rings (SSSR count). The van der Waals surface area contributed by atoms with Gasteiger partial charge in [-0.05, 0) is 0 Å². The van der Waals surface area contributed by atoms with Crippen LogP contribution in [0.2, 0.25) is 0 Å². The standard InChI is InChI=1S/C7H10N2O5/c8-2-1-6(12)14-9-5(11)3-4(10)7(9)13/h4,10H,1-3,8H2. The SMILES string of the molecule is NCCC(=O)ON1C(=O)CC(O)C1=O. The zero-order valence-electron chi connectivity index (χ0n) is 7.30. The summed E-state index contributed by atoms with van der Waals surface area (Å²) in [5.41, 5.74) is 5.06. The Hall–Kier alpha value is -1.47. The fourth-order valence-corrected chi connectivity index (χ4v) is 0.955. The third-order valence-electron chi connectivity index (χ3n) is 1.62. The van der Waals surface area contributed by atoms with Gasteiger partial charge in [0.25, 0.3) is 11.8 Å². The minimum Gasteiger partial charge on any atom is -0.383 e. The summed E-state index contributed by atoms with van der Waals surface area (Å²) < 4.78 is 0. The van der Waals surface area contributed by atoms with Crippen LogP contribution in [0.15, 0.2) is 0 Å². The average Bonchev–Trinajstić information content (AvgIpc) is 2.33. The van der Waals surface area contributed by atoms with E-state index in [0.717, 1.165) is 0 Å². The molecule has 78 valence electrons. The molecule has 2 amide bonds. The Balaban J connectivity index is 2.56. The molecule has 7 nitrogen and oxygen atoms in total. The van der Waals surface area contributed by atoms with E-state index in [2.05, 4.69) is 4.84 Å². The van der Waals surface area contributed by atoms with Crippen LogP contribution in [-0.2, 0) is 19.2 Å². The van der Waals surface area contributed by atoms with Crippen LogP contribution in [0.5, 0.6) is 0 Å². The molecular weight excluding hydrogens is 192 g/mol. The van der Waals surface area contributed by atoms with E-state index in [1.807, 2.05) is 0 Å². The number of hydrogen-bond acceptors (Lipinski definition) is 6. The lowest BCUT2D eigenvalue weighted by molar-refractivity contribution is -0.198. The molecule has 1 aliphatic heterocycles. The van der Waals surface area contributed by atoms with Gasteiger partial charge >= 0.3 is 5.97 Å². The molecule has 1 aliphatic rings. The highest BCUT2D eigenvalue weighted by atomic mass is 16.7. The number of nitrogens with two attached hydrogens (primary N) is 1. The Morgan fingerprint density at radius 3 is 2.71 bits per heavy atom. The maximum Gasteiger partial charge on any atom is 0.334 e. The second kappa shape index (κ2) is 4.16. The highest BCUT2D eigenvalue weighted by Gasteiger charge is 2.40. The van der Waals surface area contributed by atoms with Crippen molar-refractivity contribution in [3.05, 3.63) is 0 Å². The molecule has 1 saturated heterocycles. The summed E-state index contributed by atoms with van der Waals surface area (Å²) in [6.07, 6.45) is -1.85. The van der Waals surface area contributed by atoms with Gasteiger partial charge in [0.05, 0.1) is 12.8 Å². The summed E-state index contributed by atoms with van der Waals surface area (Å²) in [7, 11) is 0. The topological polar surface area (TPSA) is 110 Å². The van der Waals surface area contributed by atoms with Crippen LogP contribution in [-0.4, -0.2) is 40.6 Å². The molecule has 0 spiro atoms. The number of hydrogen-bond donors (Lipinski definition) is 2. The smallest absolute Gasteiger partial charge is 0.334 e. The van der Waals surface area contributed by atoms with Gasteiger partial charge in [0.1, 0.15) is 6.10 Å². The molecule has 1 heterocycles. The molecular formula is C7H10N2O5. The molecule has 0 aromatic rings. The second-order valence-electron chi connectivity index (χ2n) is 2.75. The zero-order valence-corrected chi connectivity index (χ0v) is 7.30. The Morgan fingerprint density at radius 1 is 1.64 bits per heavy atom. The van der Waals surface area contributed by atoms with Crippen molar-refractivity contribution in [1.29, 1.82) is 0 Å². The summed E-state index contributed by atoms with van der Waals surface area (Å²) in [5, 5.41) is 9.23. The molecule has 1 fully saturated rings. The van der Waals surface area contributed by atoms with Gasteiger partial charge in [0.15, 0.2) is 0 Å². The molecule has 0 saturated carbocycles. The minimum atomic E-state index is -1.41. The summed E-state index contributed by atoms with van der Waals surface area (Å²) in [6.45, 7) is 0.0671. The van der Waals surface area contributed by atoms with E-state index in [1.165, 1.54) is 0 Å². The van der Waals surface area contributed by atoms with Crippen molar-refractivity contribution in [2.24, 2.45) is 5.73 Å². The van der Waals surface area contributed by atoms with E-state index in [-0.39, 0.29) is 24.4 Å². The van der Waals surface area contributed by atoms with Crippen LogP contribution in [0.1, 0.15) is 12.8 Å². The van der Waals surface area contributed by atoms with Crippen molar-refractivity contribution >= 4 is 17.8 Å². The number of amides is 2. The normalized spacial score (nSPS) is 21.6. The predicted octanol–water partition coefficient (Wildman–Crippen LogP) is -2.09. The van der Waals surface area contributed by atoms with E-state index in [1.54, 1.807) is 0 Å². The van der Waals surface area contributed by atoms with E-state index in [0.29, 0.717) is 0 Å². The van der Waals surface area contributed by atoms with Crippen LogP contribution in [0, 0.1) is 0 Å². The number of carbonyl (C=O) groups is 3. The van der Waals surface area contributed by atoms with Crippen molar-refractivity contribution in [2.45, 2.75) is 18.9 Å². The molecule has 0 radical (unpaired) electrons. The van der Waals surface area contributed by atoms with Gasteiger partial charge in [-0.1, -0.05) is 5.06 Å². The number of rotatable bonds is 3. The monoisotopic (exact) mass is 202 g/mol. The van der Waals surface area contributed by atoms with Crippen molar-refractivity contribution in [1.82, 2.24) is 5.06 Å². The van der Waals surface area contributed by atoms with Gasteiger partial charge in [-0.15, -0.1) is 0 Å². The number of imide groups is 1. The van der Waals surface area contributed by atoms with Crippen LogP contribution < -0.4 is 5.73 Å². The van der Waals surface area contributed by atoms with Crippen LogP contribution in [0.25, 0.3) is 0 Å². The quantitative estimate of drug-likeness (QED) is 0.508. The zero-order chi connectivity index (χ0) is 10.7. The largest absolute Gasteiger partial charge is 0.383 e. The predicted molar refractivity (Wildman–Crippen MR) is 42.2 cm³/mol. The molecule has 3 N–H and O–H groups in total. The fraction of sp³-hybridized carbons (Fsp3) is 0.571.